The van der Waals surface area contributed by atoms with Crippen LogP contribution < -0.4 is 15.8 Å². The van der Waals surface area contributed by atoms with E-state index in [1.165, 1.54) is 0 Å². The molecule has 0 radical (unpaired) electrons. The molecule has 2 saturated heterocycles. The minimum Gasteiger partial charge on any atom is -0.471 e. The van der Waals surface area contributed by atoms with E-state index in [4.69, 9.17) is 15.2 Å². The fraction of sp³-hybridized carbons (Fsp3) is 0.480. The van der Waals surface area contributed by atoms with Crippen LogP contribution in [0.5, 0.6) is 5.88 Å². The number of hydrogen-bond acceptors (Lipinski definition) is 9. The van der Waals surface area contributed by atoms with Crippen LogP contribution in [0.2, 0.25) is 0 Å². The van der Waals surface area contributed by atoms with Crippen LogP contribution in [0.3, 0.4) is 0 Å². The minimum absolute atomic E-state index is 0.0294. The summed E-state index contributed by atoms with van der Waals surface area (Å²) in [4.78, 5) is 14.5. The summed E-state index contributed by atoms with van der Waals surface area (Å²) >= 11 is 1.56. The average molecular weight is 480 g/mol. The van der Waals surface area contributed by atoms with Crippen LogP contribution in [0.15, 0.2) is 36.7 Å². The Kier molecular flexibility index (Phi) is 5.52. The van der Waals surface area contributed by atoms with Crippen molar-refractivity contribution in [3.8, 4) is 16.3 Å². The predicted octanol–water partition coefficient (Wildman–Crippen LogP) is 4.05. The summed E-state index contributed by atoms with van der Waals surface area (Å²) in [5, 5.41) is 14.7. The molecule has 1 aliphatic carbocycles. The topological polar surface area (TPSA) is 115 Å². The molecule has 3 fully saturated rings. The quantitative estimate of drug-likeness (QED) is 0.485. The zero-order chi connectivity index (χ0) is 23.3. The van der Waals surface area contributed by atoms with E-state index < -0.39 is 5.60 Å². The Balaban J connectivity index is 1.18. The highest BCUT2D eigenvalue weighted by Gasteiger charge is 2.42. The molecule has 4 heterocycles. The maximum absolute atomic E-state index is 10.6. The van der Waals surface area contributed by atoms with Gasteiger partial charge >= 0.3 is 0 Å². The lowest BCUT2D eigenvalue weighted by molar-refractivity contribution is -0.0389. The summed E-state index contributed by atoms with van der Waals surface area (Å²) in [6.45, 7) is 2.05. The Bertz CT molecular complexity index is 1200. The molecular formula is C25H29N5O3S. The second-order valence-electron chi connectivity index (χ2n) is 9.77. The third-order valence-electron chi connectivity index (χ3n) is 6.98. The van der Waals surface area contributed by atoms with Gasteiger partial charge in [0, 0.05) is 36.6 Å². The van der Waals surface area contributed by atoms with Gasteiger partial charge in [-0.2, -0.15) is 4.98 Å². The first-order chi connectivity index (χ1) is 16.4. The summed E-state index contributed by atoms with van der Waals surface area (Å²) in [7, 11) is 0. The molecule has 2 aromatic heterocycles. The monoisotopic (exact) mass is 479 g/mol. The van der Waals surface area contributed by atoms with E-state index in [1.54, 1.807) is 23.6 Å². The number of aryl methyl sites for hydroxylation is 1. The number of anilines is 2. The van der Waals surface area contributed by atoms with Crippen molar-refractivity contribution in [3.05, 3.63) is 47.2 Å². The first-order valence-electron chi connectivity index (χ1n) is 11.9. The van der Waals surface area contributed by atoms with E-state index in [-0.39, 0.29) is 24.4 Å². The highest BCUT2D eigenvalue weighted by Crippen LogP contribution is 2.44. The second-order valence-corrected chi connectivity index (χ2v) is 10.8. The Hall–Kier alpha value is -2.59. The van der Waals surface area contributed by atoms with Crippen molar-refractivity contribution < 1.29 is 14.6 Å². The van der Waals surface area contributed by atoms with Crippen molar-refractivity contribution in [2.24, 2.45) is 5.73 Å². The third kappa shape index (κ3) is 4.29. The van der Waals surface area contributed by atoms with Crippen LogP contribution in [0.1, 0.15) is 49.1 Å². The Morgan fingerprint density at radius 1 is 1.21 bits per heavy atom. The van der Waals surface area contributed by atoms with Gasteiger partial charge in [0.25, 0.3) is 0 Å². The second kappa shape index (κ2) is 8.57. The van der Waals surface area contributed by atoms with E-state index in [9.17, 15) is 5.11 Å². The minimum atomic E-state index is -0.740. The maximum atomic E-state index is 10.6. The molecular weight excluding hydrogens is 450 g/mol. The number of aliphatic hydroxyl groups is 1. The lowest BCUT2D eigenvalue weighted by atomic mass is 9.81. The number of thiazole rings is 1. The maximum Gasteiger partial charge on any atom is 0.230 e. The van der Waals surface area contributed by atoms with Gasteiger partial charge in [-0.25, -0.2) is 9.97 Å². The van der Waals surface area contributed by atoms with Crippen LogP contribution in [-0.2, 0) is 10.3 Å². The van der Waals surface area contributed by atoms with Gasteiger partial charge < -0.3 is 25.6 Å². The third-order valence-corrected chi connectivity index (χ3v) is 8.22. The van der Waals surface area contributed by atoms with Crippen LogP contribution in [0.25, 0.3) is 10.4 Å². The molecule has 4 atom stereocenters. The van der Waals surface area contributed by atoms with Gasteiger partial charge in [0.1, 0.15) is 16.7 Å². The van der Waals surface area contributed by atoms with E-state index in [2.05, 4.69) is 45.4 Å². The summed E-state index contributed by atoms with van der Waals surface area (Å²) in [6.07, 6.45) is 8.92. The smallest absolute Gasteiger partial charge is 0.230 e. The zero-order valence-electron chi connectivity index (χ0n) is 19.1. The molecule has 8 nitrogen and oxygen atoms in total. The summed E-state index contributed by atoms with van der Waals surface area (Å²) in [5.41, 5.74) is 8.44. The normalized spacial score (nSPS) is 27.3. The number of hydrogen-bond donors (Lipinski definition) is 3. The van der Waals surface area contributed by atoms with Gasteiger partial charge in [-0.3, -0.25) is 0 Å². The Labute approximate surface area is 202 Å². The van der Waals surface area contributed by atoms with Crippen molar-refractivity contribution >= 4 is 23.0 Å². The highest BCUT2D eigenvalue weighted by molar-refractivity contribution is 7.15. The number of nitrogens with two attached hydrogens (primary N) is 1. The summed E-state index contributed by atoms with van der Waals surface area (Å²) in [6, 6.07) is 8.19. The fourth-order valence-corrected chi connectivity index (χ4v) is 6.16. The molecule has 9 heteroatoms. The molecule has 0 amide bonds. The van der Waals surface area contributed by atoms with Crippen LogP contribution in [0.4, 0.5) is 11.6 Å². The predicted molar refractivity (Wildman–Crippen MR) is 130 cm³/mol. The van der Waals surface area contributed by atoms with Crippen molar-refractivity contribution in [2.45, 2.75) is 75.4 Å². The molecule has 34 heavy (non-hydrogen) atoms. The molecule has 178 valence electrons. The van der Waals surface area contributed by atoms with Gasteiger partial charge in [0.05, 0.1) is 17.1 Å². The molecule has 4 N–H and O–H groups in total. The molecule has 1 saturated carbocycles. The number of nitrogens with zero attached hydrogens (tertiary/aromatic N) is 3. The molecule has 2 bridgehead atoms. The number of nitrogens with one attached hydrogen (secondary N) is 1. The molecule has 6 rings (SSSR count). The van der Waals surface area contributed by atoms with Gasteiger partial charge in [-0.15, -0.1) is 11.3 Å². The van der Waals surface area contributed by atoms with Gasteiger partial charge in [-0.05, 0) is 62.3 Å². The number of benzene rings is 1. The first-order valence-corrected chi connectivity index (χ1v) is 12.7. The van der Waals surface area contributed by atoms with Crippen molar-refractivity contribution in [1.82, 2.24) is 15.0 Å². The van der Waals surface area contributed by atoms with Crippen molar-refractivity contribution in [2.75, 3.05) is 5.32 Å². The van der Waals surface area contributed by atoms with Gasteiger partial charge in [-0.1, -0.05) is 6.07 Å². The molecule has 3 aliphatic rings. The van der Waals surface area contributed by atoms with E-state index in [0.29, 0.717) is 11.8 Å². The Morgan fingerprint density at radius 2 is 2.09 bits per heavy atom. The van der Waals surface area contributed by atoms with Gasteiger partial charge in [0.2, 0.25) is 11.8 Å². The van der Waals surface area contributed by atoms with Crippen LogP contribution in [-0.4, -0.2) is 44.4 Å². The largest absolute Gasteiger partial charge is 0.471 e. The Morgan fingerprint density at radius 3 is 2.91 bits per heavy atom. The molecule has 2 aliphatic heterocycles. The highest BCUT2D eigenvalue weighted by atomic mass is 32.1. The van der Waals surface area contributed by atoms with E-state index >= 15 is 0 Å². The number of rotatable bonds is 6. The lowest BCUT2D eigenvalue weighted by Crippen LogP contribution is -2.37. The zero-order valence-corrected chi connectivity index (χ0v) is 19.9. The van der Waals surface area contributed by atoms with E-state index in [1.807, 2.05) is 6.20 Å². The number of ether oxygens (including phenoxy) is 2. The molecule has 1 aromatic carbocycles. The lowest BCUT2D eigenvalue weighted by Gasteiger charge is -2.34. The van der Waals surface area contributed by atoms with Crippen LogP contribution >= 0.6 is 11.3 Å². The van der Waals surface area contributed by atoms with E-state index in [0.717, 1.165) is 65.2 Å². The molecule has 0 spiro atoms. The van der Waals surface area contributed by atoms with Crippen molar-refractivity contribution in [1.29, 1.82) is 0 Å². The average Bonchev–Trinajstić information content (AvgIpc) is 3.37. The van der Waals surface area contributed by atoms with Crippen molar-refractivity contribution in [3.63, 3.8) is 0 Å². The summed E-state index contributed by atoms with van der Waals surface area (Å²) in [5.74, 6) is 1.00. The SMILES string of the molecule is Cc1cc(Nc2nccc(OC3CC4CC(N)CC3O4)n2)cc(-c2cnc(C3(O)CCC3)s2)c1. The summed E-state index contributed by atoms with van der Waals surface area (Å²) < 4.78 is 12.2. The molecule has 3 aromatic rings. The van der Waals surface area contributed by atoms with Gasteiger partial charge in [0.15, 0.2) is 0 Å². The number of aromatic nitrogens is 3. The standard InChI is InChI=1S/C25H29N5O3S/c1-14-7-15(21-13-28-23(34-21)25(31)4-2-5-25)9-17(8-14)29-24-27-6-3-22(30-24)33-20-12-18-10-16(26)11-19(20)32-18/h3,6-9,13,16,18-20,31H,2,4-5,10-12,26H2,1H3,(H,27,29,30). The van der Waals surface area contributed by atoms with Crippen LogP contribution in [0, 0.1) is 6.92 Å². The molecule has 4 unspecified atom stereocenters. The fourth-order valence-electron chi connectivity index (χ4n) is 5.11. The number of fused-ring (bicyclic) bond motifs is 2. The first kappa shape index (κ1) is 21.9.